The van der Waals surface area contributed by atoms with E-state index < -0.39 is 0 Å². The van der Waals surface area contributed by atoms with Gasteiger partial charge >= 0.3 is 0 Å². The molecule has 12 nitrogen and oxygen atoms in total. The average Bonchev–Trinajstić information content (AvgIpc) is 3.89. The fourth-order valence-corrected chi connectivity index (χ4v) is 7.48. The van der Waals surface area contributed by atoms with Crippen LogP contribution >= 0.6 is 0 Å². The molecule has 0 aromatic carbocycles. The van der Waals surface area contributed by atoms with Crippen molar-refractivity contribution in [2.24, 2.45) is 23.7 Å². The highest BCUT2D eigenvalue weighted by Gasteiger charge is 2.35. The second-order valence-electron chi connectivity index (χ2n) is 15.4. The van der Waals surface area contributed by atoms with Crippen LogP contribution in [0.25, 0.3) is 22.1 Å². The minimum absolute atomic E-state index is 0.0804. The number of aromatic amines is 2. The van der Waals surface area contributed by atoms with Crippen molar-refractivity contribution >= 4 is 45.4 Å². The normalized spacial score (nSPS) is 19.4. The molecule has 2 saturated carbocycles. The summed E-state index contributed by atoms with van der Waals surface area (Å²) in [4.78, 5) is 74.2. The molecule has 12 heteroatoms. The van der Waals surface area contributed by atoms with Gasteiger partial charge in [0, 0.05) is 96.8 Å². The lowest BCUT2D eigenvalue weighted by Crippen LogP contribution is -2.21. The molecule has 0 saturated heterocycles. The number of aromatic nitrogens is 6. The highest BCUT2D eigenvalue weighted by Crippen LogP contribution is 2.42. The van der Waals surface area contributed by atoms with E-state index in [1.54, 1.807) is 38.6 Å². The maximum atomic E-state index is 12.8. The van der Waals surface area contributed by atoms with E-state index in [4.69, 9.17) is 0 Å². The predicted octanol–water partition coefficient (Wildman–Crippen LogP) is 7.40. The highest BCUT2D eigenvalue weighted by atomic mass is 16.2. The van der Waals surface area contributed by atoms with Crippen LogP contribution in [0.1, 0.15) is 129 Å². The zero-order valence-corrected chi connectivity index (χ0v) is 32.6. The Bertz CT molecular complexity index is 2280. The van der Waals surface area contributed by atoms with Crippen molar-refractivity contribution in [3.63, 3.8) is 0 Å². The number of pyridine rings is 4. The molecule has 288 valence electrons. The molecule has 2 fully saturated rings. The summed E-state index contributed by atoms with van der Waals surface area (Å²) in [7, 11) is 3.14. The SMILES string of the molecule is CNC(=O)c1cc(C(=O)C[C@H]2C[C@@H]2C)cc([C@@H](C)c2ccnc3[nH]ccc23)n1.CNC(=O)c1cc(C(=O)C[C@H]2C[C@@H]2C)cc([C@H](C)c2ccnc3[nH]ccc23)n1. The first-order valence-corrected chi connectivity index (χ1v) is 19.3. The number of fused-ring (bicyclic) bond motifs is 2. The van der Waals surface area contributed by atoms with Crippen molar-refractivity contribution in [2.45, 2.75) is 65.2 Å². The Labute approximate surface area is 325 Å². The summed E-state index contributed by atoms with van der Waals surface area (Å²) in [5.74, 6) is 1.56. The monoisotopic (exact) mass is 752 g/mol. The molecule has 6 heterocycles. The van der Waals surface area contributed by atoms with E-state index in [2.05, 4.69) is 54.4 Å². The van der Waals surface area contributed by atoms with E-state index in [-0.39, 0.29) is 46.6 Å². The maximum Gasteiger partial charge on any atom is 0.269 e. The van der Waals surface area contributed by atoms with Gasteiger partial charge in [-0.2, -0.15) is 0 Å². The topological polar surface area (TPSA) is 175 Å². The summed E-state index contributed by atoms with van der Waals surface area (Å²) in [6.45, 7) is 8.41. The molecule has 6 aromatic heterocycles. The number of nitrogens with one attached hydrogen (secondary N) is 4. The minimum atomic E-state index is -0.288. The molecule has 2 aliphatic rings. The lowest BCUT2D eigenvalue weighted by atomic mass is 9.93. The first kappa shape index (κ1) is 38.2. The van der Waals surface area contributed by atoms with Crippen LogP contribution in [0.15, 0.2) is 73.3 Å². The minimum Gasteiger partial charge on any atom is -0.354 e. The van der Waals surface area contributed by atoms with Crippen LogP contribution in [0.5, 0.6) is 0 Å². The molecule has 2 aliphatic carbocycles. The lowest BCUT2D eigenvalue weighted by molar-refractivity contribution is 0.0946. The van der Waals surface area contributed by atoms with E-state index >= 15 is 0 Å². The quantitative estimate of drug-likeness (QED) is 0.0936. The van der Waals surface area contributed by atoms with Gasteiger partial charge in [0.1, 0.15) is 22.7 Å². The second kappa shape index (κ2) is 16.0. The molecule has 0 unspecified atom stereocenters. The first-order chi connectivity index (χ1) is 26.9. The molecular weight excluding hydrogens is 705 g/mol. The smallest absolute Gasteiger partial charge is 0.269 e. The number of H-pyrrole nitrogens is 2. The van der Waals surface area contributed by atoms with Crippen molar-refractivity contribution in [2.75, 3.05) is 14.1 Å². The van der Waals surface area contributed by atoms with Crippen LogP contribution in [0.4, 0.5) is 0 Å². The van der Waals surface area contributed by atoms with Crippen molar-refractivity contribution in [3.05, 3.63) is 118 Å². The summed E-state index contributed by atoms with van der Waals surface area (Å²) in [6, 6.07) is 14.8. The van der Waals surface area contributed by atoms with Gasteiger partial charge in [-0.15, -0.1) is 0 Å². The van der Waals surface area contributed by atoms with Crippen LogP contribution < -0.4 is 10.6 Å². The Morgan fingerprint density at radius 2 is 1.05 bits per heavy atom. The van der Waals surface area contributed by atoms with E-state index in [1.807, 2.05) is 62.6 Å². The third-order valence-corrected chi connectivity index (χ3v) is 11.5. The van der Waals surface area contributed by atoms with Gasteiger partial charge in [-0.1, -0.05) is 27.7 Å². The van der Waals surface area contributed by atoms with E-state index in [0.29, 0.717) is 59.0 Å². The fourth-order valence-electron chi connectivity index (χ4n) is 7.48. The number of nitrogens with zero attached hydrogens (tertiary/aromatic N) is 4. The maximum absolute atomic E-state index is 12.8. The number of rotatable bonds is 12. The molecule has 0 spiro atoms. The Hall–Kier alpha value is -6.04. The van der Waals surface area contributed by atoms with E-state index in [0.717, 1.165) is 46.0 Å². The number of carbonyl (C=O) groups excluding carboxylic acids is 4. The van der Waals surface area contributed by atoms with Crippen LogP contribution in [0.3, 0.4) is 0 Å². The van der Waals surface area contributed by atoms with Gasteiger partial charge in [-0.3, -0.25) is 19.2 Å². The first-order valence-electron chi connectivity index (χ1n) is 19.3. The van der Waals surface area contributed by atoms with Gasteiger partial charge in [-0.25, -0.2) is 19.9 Å². The number of Topliss-reactive ketones (excluding diaryl/α,β-unsaturated/α-hetero) is 2. The fraction of sp³-hybridized carbons (Fsp3) is 0.364. The summed E-state index contributed by atoms with van der Waals surface area (Å²) in [5, 5.41) is 7.25. The molecule has 0 radical (unpaired) electrons. The number of amides is 2. The van der Waals surface area contributed by atoms with Crippen LogP contribution in [-0.4, -0.2) is 67.4 Å². The molecule has 8 rings (SSSR count). The molecule has 0 bridgehead atoms. The standard InChI is InChI=1S/2C22H24N4O2/c2*1-12-8-14(12)11-20(27)15-9-18(26-19(10-15)22(28)23-3)13(2)16-4-6-24-21-17(16)5-7-25-21/h2*4-7,9-10,12-14H,8,11H2,1-3H3,(H,23,28)(H,24,25)/t12-,13+,14+;12-,13-,14+/m00/s1. The zero-order valence-electron chi connectivity index (χ0n) is 32.6. The van der Waals surface area contributed by atoms with Crippen LogP contribution in [0, 0.1) is 23.7 Å². The molecular formula is C44H48N8O4. The van der Waals surface area contributed by atoms with Gasteiger partial charge in [0.05, 0.1) is 0 Å². The third kappa shape index (κ3) is 8.14. The third-order valence-electron chi connectivity index (χ3n) is 11.5. The van der Waals surface area contributed by atoms with Gasteiger partial charge in [0.2, 0.25) is 0 Å². The lowest BCUT2D eigenvalue weighted by Gasteiger charge is -2.15. The van der Waals surface area contributed by atoms with Gasteiger partial charge in [-0.05, 0) is 96.2 Å². The number of carbonyl (C=O) groups is 4. The van der Waals surface area contributed by atoms with Crippen molar-refractivity contribution in [1.82, 2.24) is 40.5 Å². The van der Waals surface area contributed by atoms with Gasteiger partial charge < -0.3 is 20.6 Å². The largest absolute Gasteiger partial charge is 0.354 e. The van der Waals surface area contributed by atoms with Crippen LogP contribution in [-0.2, 0) is 0 Å². The van der Waals surface area contributed by atoms with Gasteiger partial charge in [0.25, 0.3) is 11.8 Å². The molecule has 2 amide bonds. The highest BCUT2D eigenvalue weighted by molar-refractivity contribution is 6.01. The van der Waals surface area contributed by atoms with Crippen LogP contribution in [0.2, 0.25) is 0 Å². The molecule has 0 aliphatic heterocycles. The molecule has 4 N–H and O–H groups in total. The Morgan fingerprint density at radius 1 is 0.661 bits per heavy atom. The number of ketones is 2. The van der Waals surface area contributed by atoms with Crippen molar-refractivity contribution in [1.29, 1.82) is 0 Å². The average molecular weight is 753 g/mol. The molecule has 56 heavy (non-hydrogen) atoms. The van der Waals surface area contributed by atoms with E-state index in [9.17, 15) is 19.2 Å². The van der Waals surface area contributed by atoms with Crippen molar-refractivity contribution in [3.8, 4) is 0 Å². The van der Waals surface area contributed by atoms with Crippen molar-refractivity contribution < 1.29 is 19.2 Å². The summed E-state index contributed by atoms with van der Waals surface area (Å²) < 4.78 is 0. The molecule has 6 atom stereocenters. The Morgan fingerprint density at radius 3 is 1.41 bits per heavy atom. The van der Waals surface area contributed by atoms with E-state index in [1.165, 1.54) is 0 Å². The summed E-state index contributed by atoms with van der Waals surface area (Å²) in [6.07, 6.45) is 10.5. The molecule has 6 aromatic rings. The summed E-state index contributed by atoms with van der Waals surface area (Å²) in [5.41, 5.74) is 6.84. The Balaban J connectivity index is 0.000000172. The van der Waals surface area contributed by atoms with Gasteiger partial charge in [0.15, 0.2) is 11.6 Å². The summed E-state index contributed by atoms with van der Waals surface area (Å²) >= 11 is 0. The zero-order chi connectivity index (χ0) is 39.7. The Kier molecular flexibility index (Phi) is 10.9. The number of hydrogen-bond donors (Lipinski definition) is 4. The predicted molar refractivity (Wildman–Crippen MR) is 215 cm³/mol. The number of hydrogen-bond acceptors (Lipinski definition) is 8. The second-order valence-corrected chi connectivity index (χ2v) is 15.4.